The second-order valence-electron chi connectivity index (χ2n) is 8.87. The second kappa shape index (κ2) is 9.46. The van der Waals surface area contributed by atoms with Crippen molar-refractivity contribution in [1.82, 2.24) is 14.9 Å². The van der Waals surface area contributed by atoms with E-state index >= 15 is 0 Å². The van der Waals surface area contributed by atoms with Gasteiger partial charge in [0.2, 0.25) is 5.91 Å². The first kappa shape index (κ1) is 22.4. The molecule has 9 heteroatoms. The molecule has 3 aromatic rings. The molecule has 1 atom stereocenters. The van der Waals surface area contributed by atoms with Crippen LogP contribution in [-0.4, -0.2) is 52.7 Å². The van der Waals surface area contributed by atoms with Crippen molar-refractivity contribution in [3.63, 3.8) is 0 Å². The average Bonchev–Trinajstić information content (AvgIpc) is 3.17. The molecule has 0 radical (unpaired) electrons. The van der Waals surface area contributed by atoms with Gasteiger partial charge in [-0.15, -0.1) is 11.3 Å². The normalized spacial score (nSPS) is 18.5. The van der Waals surface area contributed by atoms with E-state index in [1.807, 2.05) is 4.90 Å². The summed E-state index contributed by atoms with van der Waals surface area (Å²) >= 11 is 3.25. The van der Waals surface area contributed by atoms with E-state index in [0.717, 1.165) is 41.8 Å². The summed E-state index contributed by atoms with van der Waals surface area (Å²) in [5, 5.41) is 1.70. The SMILES string of the molecule is C[C@@H]1CCc2c(sc3nc(SCCC(=O)N4CCN(c5ccc(F)cc5)CC4)nc(N)c23)C1. The zero-order valence-electron chi connectivity index (χ0n) is 18.7. The van der Waals surface area contributed by atoms with Crippen molar-refractivity contribution < 1.29 is 9.18 Å². The van der Waals surface area contributed by atoms with Crippen LogP contribution in [0.25, 0.3) is 10.2 Å². The van der Waals surface area contributed by atoms with Crippen molar-refractivity contribution >= 4 is 50.7 Å². The van der Waals surface area contributed by atoms with E-state index < -0.39 is 0 Å². The summed E-state index contributed by atoms with van der Waals surface area (Å²) in [5.74, 6) is 1.82. The van der Waals surface area contributed by atoms with Gasteiger partial charge in [-0.1, -0.05) is 18.7 Å². The molecule has 6 nitrogen and oxygen atoms in total. The van der Waals surface area contributed by atoms with Crippen molar-refractivity contribution in [1.29, 1.82) is 0 Å². The first-order valence-electron chi connectivity index (χ1n) is 11.5. The van der Waals surface area contributed by atoms with Gasteiger partial charge in [0, 0.05) is 48.9 Å². The molecule has 33 heavy (non-hydrogen) atoms. The largest absolute Gasteiger partial charge is 0.383 e. The standard InChI is InChI=1S/C24H28FN5OS2/c1-15-2-7-18-19(14-15)33-23-21(18)22(26)27-24(28-23)32-13-8-20(31)30-11-9-29(10-12-30)17-5-3-16(25)4-6-17/h3-6,15H,2,7-14H2,1H3,(H2,26,27,28)/t15-/m1/s1. The minimum Gasteiger partial charge on any atom is -0.383 e. The molecule has 2 N–H and O–H groups in total. The number of aromatic nitrogens is 2. The van der Waals surface area contributed by atoms with Gasteiger partial charge in [0.1, 0.15) is 16.5 Å². The molecular formula is C24H28FN5OS2. The highest BCUT2D eigenvalue weighted by atomic mass is 32.2. The van der Waals surface area contributed by atoms with Crippen molar-refractivity contribution in [2.24, 2.45) is 5.92 Å². The van der Waals surface area contributed by atoms with Gasteiger partial charge in [-0.25, -0.2) is 14.4 Å². The first-order valence-corrected chi connectivity index (χ1v) is 13.3. The van der Waals surface area contributed by atoms with Crippen molar-refractivity contribution in [2.45, 2.75) is 37.8 Å². The molecule has 1 aromatic carbocycles. The van der Waals surface area contributed by atoms with Crippen LogP contribution in [0.3, 0.4) is 0 Å². The maximum atomic E-state index is 13.1. The summed E-state index contributed by atoms with van der Waals surface area (Å²) < 4.78 is 13.1. The Bertz CT molecular complexity index is 1160. The number of aryl methyl sites for hydroxylation is 1. The molecule has 0 saturated carbocycles. The Kier molecular flexibility index (Phi) is 6.42. The number of nitrogen functional groups attached to an aromatic ring is 1. The van der Waals surface area contributed by atoms with E-state index in [-0.39, 0.29) is 11.7 Å². The summed E-state index contributed by atoms with van der Waals surface area (Å²) in [5.41, 5.74) is 8.66. The molecule has 3 heterocycles. The third-order valence-corrected chi connectivity index (χ3v) is 8.53. The van der Waals surface area contributed by atoms with Crippen LogP contribution in [0.2, 0.25) is 0 Å². The smallest absolute Gasteiger partial charge is 0.223 e. The minimum absolute atomic E-state index is 0.149. The molecule has 0 spiro atoms. The number of anilines is 2. The van der Waals surface area contributed by atoms with Gasteiger partial charge in [-0.2, -0.15) is 0 Å². The fourth-order valence-corrected chi connectivity index (χ4v) is 6.89. The van der Waals surface area contributed by atoms with E-state index in [0.29, 0.717) is 42.2 Å². The second-order valence-corrected chi connectivity index (χ2v) is 11.0. The highest BCUT2D eigenvalue weighted by molar-refractivity contribution is 7.99. The lowest BCUT2D eigenvalue weighted by molar-refractivity contribution is -0.131. The number of carbonyl (C=O) groups excluding carboxylic acids is 1. The van der Waals surface area contributed by atoms with Gasteiger partial charge in [0.15, 0.2) is 5.16 Å². The number of thioether (sulfide) groups is 1. The lowest BCUT2D eigenvalue weighted by Crippen LogP contribution is -2.48. The van der Waals surface area contributed by atoms with Crippen LogP contribution in [0.15, 0.2) is 29.4 Å². The van der Waals surface area contributed by atoms with Crippen LogP contribution in [0.4, 0.5) is 15.9 Å². The molecule has 174 valence electrons. The summed E-state index contributed by atoms with van der Waals surface area (Å²) in [6.45, 7) is 5.15. The van der Waals surface area contributed by atoms with Crippen LogP contribution in [0, 0.1) is 11.7 Å². The molecule has 2 aromatic heterocycles. The number of halogens is 1. The van der Waals surface area contributed by atoms with Gasteiger partial charge in [-0.3, -0.25) is 4.79 Å². The van der Waals surface area contributed by atoms with Crippen LogP contribution < -0.4 is 10.6 Å². The summed E-state index contributed by atoms with van der Waals surface area (Å²) in [6, 6.07) is 6.53. The minimum atomic E-state index is -0.233. The van der Waals surface area contributed by atoms with Gasteiger partial charge in [0.05, 0.1) is 5.39 Å². The number of nitrogens with two attached hydrogens (primary N) is 1. The highest BCUT2D eigenvalue weighted by Crippen LogP contribution is 2.40. The fourth-order valence-electron chi connectivity index (χ4n) is 4.67. The summed E-state index contributed by atoms with van der Waals surface area (Å²) in [7, 11) is 0. The lowest BCUT2D eigenvalue weighted by Gasteiger charge is -2.36. The van der Waals surface area contributed by atoms with Crippen molar-refractivity contribution in [2.75, 3.05) is 42.6 Å². The molecule has 1 aliphatic heterocycles. The Morgan fingerprint density at radius 3 is 2.73 bits per heavy atom. The molecule has 1 aliphatic carbocycles. The number of nitrogens with zero attached hydrogens (tertiary/aromatic N) is 4. The maximum absolute atomic E-state index is 13.1. The number of benzene rings is 1. The van der Waals surface area contributed by atoms with Crippen molar-refractivity contribution in [3.05, 3.63) is 40.5 Å². The molecule has 1 fully saturated rings. The van der Waals surface area contributed by atoms with E-state index in [4.69, 9.17) is 10.7 Å². The summed E-state index contributed by atoms with van der Waals surface area (Å²) in [6.07, 6.45) is 3.79. The predicted octanol–water partition coefficient (Wildman–Crippen LogP) is 4.37. The number of rotatable bonds is 5. The summed E-state index contributed by atoms with van der Waals surface area (Å²) in [4.78, 5) is 28.5. The van der Waals surface area contributed by atoms with Crippen molar-refractivity contribution in [3.8, 4) is 0 Å². The van der Waals surface area contributed by atoms with E-state index in [1.165, 1.54) is 40.8 Å². The van der Waals surface area contributed by atoms with E-state index in [2.05, 4.69) is 16.8 Å². The Hall–Kier alpha value is -2.39. The molecule has 2 aliphatic rings. The zero-order chi connectivity index (χ0) is 22.9. The predicted molar refractivity (Wildman–Crippen MR) is 134 cm³/mol. The zero-order valence-corrected chi connectivity index (χ0v) is 20.4. The van der Waals surface area contributed by atoms with E-state index in [9.17, 15) is 9.18 Å². The Morgan fingerprint density at radius 2 is 1.97 bits per heavy atom. The molecule has 5 rings (SSSR count). The Labute approximate surface area is 201 Å². The number of piperazine rings is 1. The van der Waals surface area contributed by atoms with Crippen LogP contribution >= 0.6 is 23.1 Å². The average molecular weight is 486 g/mol. The third kappa shape index (κ3) is 4.80. The molecular weight excluding hydrogens is 457 g/mol. The van der Waals surface area contributed by atoms with Crippen LogP contribution in [0.5, 0.6) is 0 Å². The highest BCUT2D eigenvalue weighted by Gasteiger charge is 2.24. The maximum Gasteiger partial charge on any atom is 0.223 e. The monoisotopic (exact) mass is 485 g/mol. The van der Waals surface area contributed by atoms with E-state index in [1.54, 1.807) is 23.5 Å². The van der Waals surface area contributed by atoms with Crippen LogP contribution in [-0.2, 0) is 17.6 Å². The molecule has 0 unspecified atom stereocenters. The topological polar surface area (TPSA) is 75.4 Å². The number of hydrogen-bond donors (Lipinski definition) is 1. The van der Waals surface area contributed by atoms with Gasteiger partial charge < -0.3 is 15.5 Å². The third-order valence-electron chi connectivity index (χ3n) is 6.53. The number of hydrogen-bond acceptors (Lipinski definition) is 7. The van der Waals surface area contributed by atoms with Crippen LogP contribution in [0.1, 0.15) is 30.2 Å². The van der Waals surface area contributed by atoms with Gasteiger partial charge in [0.25, 0.3) is 0 Å². The van der Waals surface area contributed by atoms with Gasteiger partial charge >= 0.3 is 0 Å². The quantitative estimate of drug-likeness (QED) is 0.427. The number of amides is 1. The first-order chi connectivity index (χ1) is 16.0. The number of carbonyl (C=O) groups is 1. The molecule has 1 amide bonds. The lowest BCUT2D eigenvalue weighted by atomic mass is 9.89. The Balaban J connectivity index is 1.15. The molecule has 0 bridgehead atoms. The Morgan fingerprint density at radius 1 is 1.21 bits per heavy atom. The van der Waals surface area contributed by atoms with Gasteiger partial charge in [-0.05, 0) is 55.0 Å². The fraction of sp³-hybridized carbons (Fsp3) is 0.458. The number of thiophene rings is 1. The molecule has 1 saturated heterocycles. The number of fused-ring (bicyclic) bond motifs is 3.